The van der Waals surface area contributed by atoms with Crippen molar-refractivity contribution in [1.29, 1.82) is 0 Å². The predicted molar refractivity (Wildman–Crippen MR) is 249 cm³/mol. The molecule has 0 saturated carbocycles. The number of hydrogen-bond acceptors (Lipinski definition) is 8. The van der Waals surface area contributed by atoms with Crippen molar-refractivity contribution in [2.75, 3.05) is 26.4 Å². The molecule has 4 aromatic rings. The first kappa shape index (κ1) is 56.0. The van der Waals surface area contributed by atoms with Gasteiger partial charge in [0.25, 0.3) is 0 Å². The number of alkyl halides is 12. The topological polar surface area (TPSA) is 190 Å². The Morgan fingerprint density at radius 3 is 0.625 bits per heavy atom. The van der Waals surface area contributed by atoms with Crippen molar-refractivity contribution < 1.29 is 71.6 Å². The number of nitrogens with zero attached hydrogens (tertiary/aromatic N) is 4. The van der Waals surface area contributed by atoms with Crippen molar-refractivity contribution >= 4 is 46.1 Å². The van der Waals surface area contributed by atoms with E-state index < -0.39 is 73.7 Å². The number of nitrogens with two attached hydrogens (primary N) is 4. The van der Waals surface area contributed by atoms with Crippen molar-refractivity contribution in [2.45, 2.75) is 104 Å². The molecule has 8 N–H and O–H groups in total. The molecule has 24 heteroatoms. The number of hydrogen-bond donors (Lipinski definition) is 4. The highest BCUT2D eigenvalue weighted by Crippen LogP contribution is 2.44. The molecule has 1 aliphatic carbocycles. The van der Waals surface area contributed by atoms with E-state index in [1.165, 1.54) is 48.5 Å². The fraction of sp³-hybridized carbons (Fsp3) is 0.417. The number of rotatable bonds is 16. The van der Waals surface area contributed by atoms with E-state index in [9.17, 15) is 52.7 Å². The average Bonchev–Trinajstić information content (AvgIpc) is 3.26. The normalized spacial score (nSPS) is 14.3. The molecule has 392 valence electrons. The summed E-state index contributed by atoms with van der Waals surface area (Å²) < 4.78 is 193. The van der Waals surface area contributed by atoms with Crippen LogP contribution in [0.3, 0.4) is 0 Å². The van der Waals surface area contributed by atoms with Crippen molar-refractivity contribution in [3.05, 3.63) is 93.0 Å². The quantitative estimate of drug-likeness (QED) is 0.0426. The van der Waals surface area contributed by atoms with Crippen LogP contribution in [0.15, 0.2) is 68.5 Å². The van der Waals surface area contributed by atoms with Gasteiger partial charge in [0.15, 0.2) is 0 Å². The predicted octanol–water partition coefficient (Wildman–Crippen LogP) is 11.7. The molecule has 0 unspecified atom stereocenters. The lowest BCUT2D eigenvalue weighted by molar-refractivity contribution is -0.0606. The van der Waals surface area contributed by atoms with Crippen molar-refractivity contribution in [3.63, 3.8) is 0 Å². The van der Waals surface area contributed by atoms with Gasteiger partial charge in [-0.3, -0.25) is 0 Å². The van der Waals surface area contributed by atoms with E-state index >= 15 is 0 Å². The first-order chi connectivity index (χ1) is 33.7. The molecule has 0 atom stereocenters. The van der Waals surface area contributed by atoms with Gasteiger partial charge in [-0.25, -0.2) is 20.0 Å². The molecule has 5 rings (SSSR count). The third-order valence-electron chi connectivity index (χ3n) is 10.4. The fourth-order valence-corrected chi connectivity index (χ4v) is 7.44. The highest BCUT2D eigenvalue weighted by molar-refractivity contribution is 5.90. The monoisotopic (exact) mass is 1030 g/mol. The summed E-state index contributed by atoms with van der Waals surface area (Å²) in [4.78, 5) is 14.7. The van der Waals surface area contributed by atoms with Gasteiger partial charge < -0.3 is 41.9 Å². The highest BCUT2D eigenvalue weighted by Gasteiger charge is 2.37. The Labute approximate surface area is 406 Å². The fourth-order valence-electron chi connectivity index (χ4n) is 7.44. The zero-order valence-electron chi connectivity index (χ0n) is 39.4. The van der Waals surface area contributed by atoms with Crippen LogP contribution in [0.2, 0.25) is 0 Å². The molecule has 8 bridgehead atoms. The van der Waals surface area contributed by atoms with E-state index in [-0.39, 0.29) is 117 Å². The number of fused-ring (bicyclic) bond motifs is 8. The summed E-state index contributed by atoms with van der Waals surface area (Å²) in [5.41, 5.74) is 20.9. The molecule has 0 radical (unpaired) electrons. The molecule has 0 fully saturated rings. The van der Waals surface area contributed by atoms with E-state index in [0.29, 0.717) is 25.7 Å². The van der Waals surface area contributed by atoms with Crippen LogP contribution in [0.5, 0.6) is 23.0 Å². The Morgan fingerprint density at radius 2 is 0.500 bits per heavy atom. The van der Waals surface area contributed by atoms with Crippen LogP contribution in [0, 0.1) is 0 Å². The Hall–Kier alpha value is -6.88. The molecule has 0 amide bonds. The van der Waals surface area contributed by atoms with Gasteiger partial charge in [-0.2, -0.15) is 52.7 Å². The first-order valence-corrected chi connectivity index (χ1v) is 22.5. The van der Waals surface area contributed by atoms with Crippen LogP contribution in [-0.2, 0) is 25.7 Å². The van der Waals surface area contributed by atoms with Gasteiger partial charge >= 0.3 is 24.7 Å². The van der Waals surface area contributed by atoms with Crippen LogP contribution >= 0.6 is 0 Å². The maximum Gasteiger partial charge on any atom is 0.448 e. The average molecular weight is 1030 g/mol. The minimum Gasteiger partial charge on any atom is -0.493 e. The Balaban J connectivity index is 2.08. The van der Waals surface area contributed by atoms with Crippen LogP contribution in [0.25, 0.3) is 0 Å². The molecule has 0 aromatic heterocycles. The SMILES string of the molecule is CCCOc1c2cc(N=C(N)C(F)(F)F)cc1Cc1cc(N=C(N)C(F)(F)F)cc(c1OCCC)Cc1cc(N=C(N)C(F)(F)F)cc(c1OCCC)Cc1cc(N=C(N)C(F)(F)F)cc(c1OCCC)C2. The van der Waals surface area contributed by atoms with E-state index in [1.54, 1.807) is 27.7 Å². The summed E-state index contributed by atoms with van der Waals surface area (Å²) in [6.45, 7) is 7.03. The van der Waals surface area contributed by atoms with Gasteiger partial charge in [0.05, 0.1) is 49.2 Å². The smallest absolute Gasteiger partial charge is 0.448 e. The lowest BCUT2D eigenvalue weighted by Crippen LogP contribution is -2.30. The second-order valence-corrected chi connectivity index (χ2v) is 16.5. The van der Waals surface area contributed by atoms with Gasteiger partial charge in [-0.15, -0.1) is 0 Å². The lowest BCUT2D eigenvalue weighted by Gasteiger charge is -2.24. The van der Waals surface area contributed by atoms with Crippen LogP contribution in [0.1, 0.15) is 97.9 Å². The summed E-state index contributed by atoms with van der Waals surface area (Å²) in [5, 5.41) is 0. The summed E-state index contributed by atoms with van der Waals surface area (Å²) in [6.07, 6.45) is -20.5. The molecule has 72 heavy (non-hydrogen) atoms. The second kappa shape index (κ2) is 23.1. The minimum absolute atomic E-state index is 0.0000636. The Morgan fingerprint density at radius 1 is 0.347 bits per heavy atom. The van der Waals surface area contributed by atoms with Gasteiger partial charge in [-0.1, -0.05) is 27.7 Å². The summed E-state index contributed by atoms with van der Waals surface area (Å²) in [7, 11) is 0. The van der Waals surface area contributed by atoms with Gasteiger partial charge in [0, 0.05) is 70.2 Å². The van der Waals surface area contributed by atoms with Crippen molar-refractivity contribution in [2.24, 2.45) is 42.9 Å². The first-order valence-electron chi connectivity index (χ1n) is 22.5. The lowest BCUT2D eigenvalue weighted by atomic mass is 9.90. The van der Waals surface area contributed by atoms with Gasteiger partial charge in [-0.05, 0) is 74.2 Å². The minimum atomic E-state index is -5.12. The van der Waals surface area contributed by atoms with Gasteiger partial charge in [0.1, 0.15) is 23.0 Å². The Bertz CT molecular complexity index is 2250. The zero-order chi connectivity index (χ0) is 53.3. The number of aliphatic imine (C=N–C) groups is 4. The summed E-state index contributed by atoms with van der Waals surface area (Å²) >= 11 is 0. The van der Waals surface area contributed by atoms with Crippen LogP contribution in [-0.4, -0.2) is 74.5 Å². The number of benzene rings is 4. The van der Waals surface area contributed by atoms with Gasteiger partial charge in [0.2, 0.25) is 23.3 Å². The van der Waals surface area contributed by atoms with Crippen molar-refractivity contribution in [1.82, 2.24) is 0 Å². The molecule has 12 nitrogen and oxygen atoms in total. The second-order valence-electron chi connectivity index (χ2n) is 16.5. The molecule has 0 spiro atoms. The number of ether oxygens (including phenoxy) is 4. The van der Waals surface area contributed by atoms with Crippen LogP contribution < -0.4 is 41.9 Å². The van der Waals surface area contributed by atoms with E-state index in [1.807, 2.05) is 0 Å². The van der Waals surface area contributed by atoms with E-state index in [2.05, 4.69) is 20.0 Å². The largest absolute Gasteiger partial charge is 0.493 e. The highest BCUT2D eigenvalue weighted by atomic mass is 19.4. The van der Waals surface area contributed by atoms with E-state index in [0.717, 1.165) is 0 Å². The maximum absolute atomic E-state index is 14.0. The maximum atomic E-state index is 14.0. The molecule has 0 heterocycles. The summed E-state index contributed by atoms with van der Waals surface area (Å²) in [6, 6.07) is 9.66. The van der Waals surface area contributed by atoms with Crippen LogP contribution in [0.4, 0.5) is 75.4 Å². The summed E-state index contributed by atoms with van der Waals surface area (Å²) in [5.74, 6) is -6.87. The molecule has 0 saturated heterocycles. The van der Waals surface area contributed by atoms with E-state index in [4.69, 9.17) is 41.9 Å². The van der Waals surface area contributed by atoms with Crippen molar-refractivity contribution in [3.8, 4) is 23.0 Å². The molecule has 4 aromatic carbocycles. The molecular weight excluding hydrogens is 981 g/mol. The molecule has 1 aliphatic rings. The third-order valence-corrected chi connectivity index (χ3v) is 10.4. The zero-order valence-corrected chi connectivity index (χ0v) is 39.4. The Kier molecular flexibility index (Phi) is 18.0. The third kappa shape index (κ3) is 14.6. The molecular formula is C48H52F12N8O4. The standard InChI is InChI=1S/C48H52F12N8O4/c1-5-9-69-37-25-13-27-19-34(66-42(62)46(52,53)54)21-29(38(27)70-10-6-2)15-31-23-36(68-44(64)48(58,59)60)24-32(40(31)72-12-8-4)16-30-22-35(67-43(63)47(55,56)57)20-28(39(30)71-11-7-3)14-26(37)18-33(17-25)65-41(61)45(49,50)51/h17-24H,5-16H2,1-4H3,(H2,61,65)(H2,62,66)(H2,63,67)(H2,64,68). The number of amidine groups is 4. The molecule has 0 aliphatic heterocycles. The number of halogens is 12.